The molecular weight excluding hydrogens is 426 g/mol. The van der Waals surface area contributed by atoms with Gasteiger partial charge in [0.1, 0.15) is 0 Å². The summed E-state index contributed by atoms with van der Waals surface area (Å²) in [7, 11) is 2.15. The summed E-state index contributed by atoms with van der Waals surface area (Å²) in [6, 6.07) is 10.1. The maximum atomic E-state index is 12.8. The van der Waals surface area contributed by atoms with Crippen LogP contribution in [-0.4, -0.2) is 73.6 Å². The standard InChI is InChI=1S/C27H41N5O2/c1-31-9-11-32(12-10-31)19-24(23-5-3-2-4-6-23)29-25(33)7-8-28-26(34)30-27-16-20-13-21(17-27)15-22(14-20)18-27/h2-6,20-22,24H,7-19H2,1H3,(H,29,33)(H2,28,30,34). The largest absolute Gasteiger partial charge is 0.348 e. The van der Waals surface area contributed by atoms with E-state index in [-0.39, 0.29) is 23.5 Å². The summed E-state index contributed by atoms with van der Waals surface area (Å²) < 4.78 is 0. The van der Waals surface area contributed by atoms with Crippen LogP contribution in [0.4, 0.5) is 4.79 Å². The van der Waals surface area contributed by atoms with Gasteiger partial charge in [0.05, 0.1) is 6.04 Å². The fraction of sp³-hybridized carbons (Fsp3) is 0.704. The summed E-state index contributed by atoms with van der Waals surface area (Å²) in [5.74, 6) is 2.38. The first-order valence-electron chi connectivity index (χ1n) is 13.3. The zero-order chi connectivity index (χ0) is 23.5. The Kier molecular flexibility index (Phi) is 7.11. The van der Waals surface area contributed by atoms with Gasteiger partial charge in [0.25, 0.3) is 0 Å². The number of carbonyl (C=O) groups is 2. The van der Waals surface area contributed by atoms with Gasteiger partial charge < -0.3 is 20.9 Å². The van der Waals surface area contributed by atoms with E-state index < -0.39 is 0 Å². The second-order valence-electron chi connectivity index (χ2n) is 11.5. The summed E-state index contributed by atoms with van der Waals surface area (Å²) in [6.07, 6.45) is 7.78. The number of hydrogen-bond acceptors (Lipinski definition) is 4. The molecule has 4 saturated carbocycles. The molecule has 4 bridgehead atoms. The Morgan fingerprint density at radius 1 is 0.971 bits per heavy atom. The van der Waals surface area contributed by atoms with Gasteiger partial charge in [-0.05, 0) is 68.9 Å². The van der Waals surface area contributed by atoms with Crippen molar-refractivity contribution in [3.8, 4) is 0 Å². The van der Waals surface area contributed by atoms with E-state index in [1.165, 1.54) is 19.3 Å². The number of amides is 3. The summed E-state index contributed by atoms with van der Waals surface area (Å²) >= 11 is 0. The molecule has 0 aromatic heterocycles. The van der Waals surface area contributed by atoms with Gasteiger partial charge in [-0.25, -0.2) is 4.79 Å². The minimum atomic E-state index is -0.105. The van der Waals surface area contributed by atoms with Crippen LogP contribution >= 0.6 is 0 Å². The number of urea groups is 1. The van der Waals surface area contributed by atoms with Crippen LogP contribution in [0, 0.1) is 17.8 Å². The number of rotatable bonds is 8. The number of likely N-dealkylation sites (N-methyl/N-ethyl adjacent to an activating group) is 1. The molecule has 0 spiro atoms. The van der Waals surface area contributed by atoms with E-state index in [0.29, 0.717) is 13.0 Å². The first kappa shape index (κ1) is 23.6. The Morgan fingerprint density at radius 2 is 1.59 bits per heavy atom. The molecule has 7 heteroatoms. The van der Waals surface area contributed by atoms with Crippen molar-refractivity contribution < 1.29 is 9.59 Å². The Balaban J connectivity index is 1.09. The van der Waals surface area contributed by atoms with Crippen molar-refractivity contribution in [2.45, 2.75) is 56.5 Å². The van der Waals surface area contributed by atoms with E-state index >= 15 is 0 Å². The average molecular weight is 468 g/mol. The highest BCUT2D eigenvalue weighted by molar-refractivity contribution is 5.79. The SMILES string of the molecule is CN1CCN(CC(NC(=O)CCNC(=O)NC23CC4CC(CC(C4)C2)C3)c2ccccc2)CC1. The van der Waals surface area contributed by atoms with E-state index in [9.17, 15) is 9.59 Å². The maximum absolute atomic E-state index is 12.8. The van der Waals surface area contributed by atoms with Gasteiger partial charge in [0.15, 0.2) is 0 Å². The molecule has 186 valence electrons. The van der Waals surface area contributed by atoms with E-state index in [2.05, 4.69) is 44.9 Å². The lowest BCUT2D eigenvalue weighted by Gasteiger charge is -2.56. The molecule has 34 heavy (non-hydrogen) atoms. The normalized spacial score (nSPS) is 31.7. The predicted octanol–water partition coefficient (Wildman–Crippen LogP) is 2.75. The number of nitrogens with one attached hydrogen (secondary N) is 3. The zero-order valence-corrected chi connectivity index (χ0v) is 20.6. The fourth-order valence-corrected chi connectivity index (χ4v) is 7.31. The molecule has 7 nitrogen and oxygen atoms in total. The van der Waals surface area contributed by atoms with Crippen LogP contribution in [0.2, 0.25) is 0 Å². The highest BCUT2D eigenvalue weighted by atomic mass is 16.2. The Morgan fingerprint density at radius 3 is 2.21 bits per heavy atom. The van der Waals surface area contributed by atoms with Crippen LogP contribution in [0.3, 0.4) is 0 Å². The van der Waals surface area contributed by atoms with Crippen molar-refractivity contribution in [2.75, 3.05) is 46.3 Å². The van der Waals surface area contributed by atoms with Gasteiger partial charge in [0, 0.05) is 51.2 Å². The minimum Gasteiger partial charge on any atom is -0.348 e. The molecule has 1 unspecified atom stereocenters. The molecule has 1 saturated heterocycles. The molecule has 3 amide bonds. The lowest BCUT2D eigenvalue weighted by Crippen LogP contribution is -2.61. The topological polar surface area (TPSA) is 76.7 Å². The third-order valence-electron chi connectivity index (χ3n) is 8.63. The van der Waals surface area contributed by atoms with Gasteiger partial charge in [-0.1, -0.05) is 30.3 Å². The molecule has 3 N–H and O–H groups in total. The van der Waals surface area contributed by atoms with E-state index in [1.54, 1.807) is 0 Å². The predicted molar refractivity (Wildman–Crippen MR) is 133 cm³/mol. The van der Waals surface area contributed by atoms with E-state index in [1.807, 2.05) is 18.2 Å². The second-order valence-corrected chi connectivity index (χ2v) is 11.5. The molecule has 0 radical (unpaired) electrons. The van der Waals surface area contributed by atoms with Crippen LogP contribution in [-0.2, 0) is 4.79 Å². The summed E-state index contributed by atoms with van der Waals surface area (Å²) in [5, 5.41) is 9.52. The average Bonchev–Trinajstić information content (AvgIpc) is 2.79. The quantitative estimate of drug-likeness (QED) is 0.550. The molecule has 1 atom stereocenters. The minimum absolute atomic E-state index is 0.00199. The first-order valence-corrected chi connectivity index (χ1v) is 13.3. The number of piperazine rings is 1. The molecule has 4 aliphatic carbocycles. The van der Waals surface area contributed by atoms with Crippen LogP contribution in [0.1, 0.15) is 56.6 Å². The zero-order valence-electron chi connectivity index (χ0n) is 20.6. The Hall–Kier alpha value is -2.12. The highest BCUT2D eigenvalue weighted by Crippen LogP contribution is 2.55. The van der Waals surface area contributed by atoms with Gasteiger partial charge in [0.2, 0.25) is 5.91 Å². The monoisotopic (exact) mass is 467 g/mol. The summed E-state index contributed by atoms with van der Waals surface area (Å²) in [4.78, 5) is 30.2. The molecular formula is C27H41N5O2. The molecule has 1 aliphatic heterocycles. The van der Waals surface area contributed by atoms with Crippen molar-refractivity contribution >= 4 is 11.9 Å². The number of benzene rings is 1. The van der Waals surface area contributed by atoms with Crippen molar-refractivity contribution in [3.05, 3.63) is 35.9 Å². The van der Waals surface area contributed by atoms with Crippen LogP contribution < -0.4 is 16.0 Å². The van der Waals surface area contributed by atoms with E-state index in [0.717, 1.165) is 75.3 Å². The van der Waals surface area contributed by atoms with Crippen LogP contribution in [0.15, 0.2) is 30.3 Å². The van der Waals surface area contributed by atoms with Gasteiger partial charge in [-0.15, -0.1) is 0 Å². The lowest BCUT2D eigenvalue weighted by molar-refractivity contribution is -0.121. The van der Waals surface area contributed by atoms with E-state index in [4.69, 9.17) is 0 Å². The second kappa shape index (κ2) is 10.2. The molecule has 1 aromatic carbocycles. The first-order chi connectivity index (χ1) is 16.5. The van der Waals surface area contributed by atoms with Gasteiger partial charge >= 0.3 is 6.03 Å². The fourth-order valence-electron chi connectivity index (χ4n) is 7.31. The molecule has 1 heterocycles. The van der Waals surface area contributed by atoms with Crippen molar-refractivity contribution in [3.63, 3.8) is 0 Å². The summed E-state index contributed by atoms with van der Waals surface area (Å²) in [5.41, 5.74) is 1.13. The summed E-state index contributed by atoms with van der Waals surface area (Å²) in [6.45, 7) is 5.31. The van der Waals surface area contributed by atoms with Crippen LogP contribution in [0.5, 0.6) is 0 Å². The maximum Gasteiger partial charge on any atom is 0.315 e. The Labute approximate surface area is 204 Å². The van der Waals surface area contributed by atoms with Crippen molar-refractivity contribution in [1.82, 2.24) is 25.8 Å². The third kappa shape index (κ3) is 5.74. The Bertz CT molecular complexity index is 817. The number of hydrogen-bond donors (Lipinski definition) is 3. The third-order valence-corrected chi connectivity index (χ3v) is 8.63. The lowest BCUT2D eigenvalue weighted by atomic mass is 9.53. The van der Waals surface area contributed by atoms with Crippen molar-refractivity contribution in [2.24, 2.45) is 17.8 Å². The molecule has 5 aliphatic rings. The van der Waals surface area contributed by atoms with Gasteiger partial charge in [-0.3, -0.25) is 9.69 Å². The van der Waals surface area contributed by atoms with Crippen molar-refractivity contribution in [1.29, 1.82) is 0 Å². The molecule has 6 rings (SSSR count). The smallest absolute Gasteiger partial charge is 0.315 e. The highest BCUT2D eigenvalue weighted by Gasteiger charge is 2.51. The van der Waals surface area contributed by atoms with Crippen LogP contribution in [0.25, 0.3) is 0 Å². The molecule has 5 fully saturated rings. The number of carbonyl (C=O) groups excluding carboxylic acids is 2. The number of nitrogens with zero attached hydrogens (tertiary/aromatic N) is 2. The van der Waals surface area contributed by atoms with Gasteiger partial charge in [-0.2, -0.15) is 0 Å². The molecule has 1 aromatic rings.